The van der Waals surface area contributed by atoms with E-state index in [9.17, 15) is 8.78 Å². The quantitative estimate of drug-likeness (QED) is 0.891. The summed E-state index contributed by atoms with van der Waals surface area (Å²) in [7, 11) is 0. The molecule has 0 fully saturated rings. The highest BCUT2D eigenvalue weighted by Gasteiger charge is 2.14. The lowest BCUT2D eigenvalue weighted by molar-refractivity contribution is 0.150. The Morgan fingerprint density at radius 2 is 1.76 bits per heavy atom. The first-order valence-electron chi connectivity index (χ1n) is 5.22. The second-order valence-electron chi connectivity index (χ2n) is 3.69. The minimum absolute atomic E-state index is 0. The summed E-state index contributed by atoms with van der Waals surface area (Å²) < 4.78 is 25.7. The molecule has 92 valence electrons. The molecule has 0 radical (unpaired) electrons. The average molecular weight is 258 g/mol. The van der Waals surface area contributed by atoms with Crippen molar-refractivity contribution in [2.24, 2.45) is 5.73 Å². The maximum Gasteiger partial charge on any atom is 0.264 e. The van der Waals surface area contributed by atoms with Gasteiger partial charge < -0.3 is 5.73 Å². The monoisotopic (exact) mass is 257 g/mol. The molecule has 4 heteroatoms. The Bertz CT molecular complexity index is 500. The standard InChI is InChI=1S/C13H13F2N.ClH/c14-13(15)12-6-5-9-3-1-2-4-10(9)11(12)7-8-16;/h1-6,13H,7-8,16H2;1H. The third kappa shape index (κ3) is 2.73. The lowest BCUT2D eigenvalue weighted by Gasteiger charge is -2.11. The maximum atomic E-state index is 12.8. The Hall–Kier alpha value is -1.19. The van der Waals surface area contributed by atoms with E-state index in [4.69, 9.17) is 5.73 Å². The normalized spacial score (nSPS) is 10.6. The predicted molar refractivity (Wildman–Crippen MR) is 68.9 cm³/mol. The fourth-order valence-corrected chi connectivity index (χ4v) is 1.98. The van der Waals surface area contributed by atoms with Crippen LogP contribution in [0.1, 0.15) is 17.6 Å². The van der Waals surface area contributed by atoms with E-state index in [2.05, 4.69) is 0 Å². The smallest absolute Gasteiger partial charge is 0.264 e. The first-order valence-corrected chi connectivity index (χ1v) is 5.22. The van der Waals surface area contributed by atoms with Crippen molar-refractivity contribution in [1.29, 1.82) is 0 Å². The van der Waals surface area contributed by atoms with Crippen LogP contribution in [0, 0.1) is 0 Å². The van der Waals surface area contributed by atoms with Crippen LogP contribution >= 0.6 is 12.4 Å². The third-order valence-corrected chi connectivity index (χ3v) is 2.71. The van der Waals surface area contributed by atoms with Gasteiger partial charge >= 0.3 is 0 Å². The van der Waals surface area contributed by atoms with Crippen molar-refractivity contribution in [2.75, 3.05) is 6.54 Å². The highest BCUT2D eigenvalue weighted by atomic mass is 35.5. The van der Waals surface area contributed by atoms with Crippen molar-refractivity contribution >= 4 is 23.2 Å². The van der Waals surface area contributed by atoms with Gasteiger partial charge in [-0.15, -0.1) is 12.4 Å². The molecule has 0 aliphatic carbocycles. The zero-order chi connectivity index (χ0) is 11.5. The highest BCUT2D eigenvalue weighted by molar-refractivity contribution is 5.87. The summed E-state index contributed by atoms with van der Waals surface area (Å²) in [6.45, 7) is 0.383. The Morgan fingerprint density at radius 1 is 1.06 bits per heavy atom. The van der Waals surface area contributed by atoms with E-state index in [-0.39, 0.29) is 18.0 Å². The molecule has 0 atom stereocenters. The van der Waals surface area contributed by atoms with Gasteiger partial charge in [0, 0.05) is 5.56 Å². The third-order valence-electron chi connectivity index (χ3n) is 2.71. The molecule has 0 saturated carbocycles. The van der Waals surface area contributed by atoms with Gasteiger partial charge in [-0.3, -0.25) is 0 Å². The number of hydrogen-bond acceptors (Lipinski definition) is 1. The summed E-state index contributed by atoms with van der Waals surface area (Å²) in [4.78, 5) is 0. The predicted octanol–water partition coefficient (Wildman–Crippen LogP) is 3.70. The van der Waals surface area contributed by atoms with Gasteiger partial charge in [0.15, 0.2) is 0 Å². The summed E-state index contributed by atoms with van der Waals surface area (Å²) in [6.07, 6.45) is -1.95. The van der Waals surface area contributed by atoms with Crippen molar-refractivity contribution in [3.8, 4) is 0 Å². The first-order chi connectivity index (χ1) is 7.74. The van der Waals surface area contributed by atoms with Crippen molar-refractivity contribution in [3.05, 3.63) is 47.5 Å². The van der Waals surface area contributed by atoms with Gasteiger partial charge in [-0.2, -0.15) is 0 Å². The van der Waals surface area contributed by atoms with Crippen LogP contribution in [0.4, 0.5) is 8.78 Å². The van der Waals surface area contributed by atoms with Crippen LogP contribution in [0.15, 0.2) is 36.4 Å². The van der Waals surface area contributed by atoms with E-state index >= 15 is 0 Å². The summed E-state index contributed by atoms with van der Waals surface area (Å²) in [5, 5.41) is 1.86. The Morgan fingerprint density at radius 3 is 2.41 bits per heavy atom. The number of rotatable bonds is 3. The number of alkyl halides is 2. The Balaban J connectivity index is 0.00000144. The van der Waals surface area contributed by atoms with Crippen molar-refractivity contribution in [3.63, 3.8) is 0 Å². The summed E-state index contributed by atoms with van der Waals surface area (Å²) in [5.41, 5.74) is 6.25. The second-order valence-corrected chi connectivity index (χ2v) is 3.69. The molecule has 0 spiro atoms. The number of halogens is 3. The number of benzene rings is 2. The Kier molecular flexibility index (Phi) is 4.85. The summed E-state index contributed by atoms with van der Waals surface area (Å²) >= 11 is 0. The molecule has 0 aromatic heterocycles. The molecule has 2 aromatic rings. The molecular formula is C13H14ClF2N. The van der Waals surface area contributed by atoms with E-state index in [0.717, 1.165) is 10.8 Å². The van der Waals surface area contributed by atoms with Crippen molar-refractivity contribution in [2.45, 2.75) is 12.8 Å². The van der Waals surface area contributed by atoms with E-state index < -0.39 is 6.43 Å². The summed E-state index contributed by atoms with van der Waals surface area (Å²) in [5.74, 6) is 0. The molecule has 1 nitrogen and oxygen atoms in total. The molecule has 0 unspecified atom stereocenters. The van der Waals surface area contributed by atoms with Crippen LogP contribution in [0.3, 0.4) is 0 Å². The Labute approximate surface area is 105 Å². The SMILES string of the molecule is Cl.NCCc1c(C(F)F)ccc2ccccc12. The molecule has 0 amide bonds. The number of nitrogens with two attached hydrogens (primary N) is 1. The van der Waals surface area contributed by atoms with E-state index in [1.165, 1.54) is 6.07 Å². The maximum absolute atomic E-state index is 12.8. The summed E-state index contributed by atoms with van der Waals surface area (Å²) in [6, 6.07) is 10.8. The van der Waals surface area contributed by atoms with Gasteiger partial charge in [0.1, 0.15) is 0 Å². The molecule has 0 bridgehead atoms. The van der Waals surface area contributed by atoms with Crippen LogP contribution < -0.4 is 5.73 Å². The van der Waals surface area contributed by atoms with Gasteiger partial charge in [-0.1, -0.05) is 36.4 Å². The molecule has 0 aliphatic rings. The van der Waals surface area contributed by atoms with Gasteiger partial charge in [-0.25, -0.2) is 8.78 Å². The second kappa shape index (κ2) is 5.94. The average Bonchev–Trinajstić information content (AvgIpc) is 2.29. The minimum atomic E-state index is -2.44. The molecule has 0 aliphatic heterocycles. The van der Waals surface area contributed by atoms with Crippen LogP contribution in [0.25, 0.3) is 10.8 Å². The minimum Gasteiger partial charge on any atom is -0.330 e. The molecule has 2 N–H and O–H groups in total. The van der Waals surface area contributed by atoms with Gasteiger partial charge in [0.25, 0.3) is 6.43 Å². The molecule has 0 saturated heterocycles. The van der Waals surface area contributed by atoms with Crippen LogP contribution in [-0.4, -0.2) is 6.54 Å². The fourth-order valence-electron chi connectivity index (χ4n) is 1.98. The van der Waals surface area contributed by atoms with Gasteiger partial charge in [-0.05, 0) is 29.3 Å². The first kappa shape index (κ1) is 13.9. The van der Waals surface area contributed by atoms with Crippen LogP contribution in [-0.2, 0) is 6.42 Å². The molecule has 2 aromatic carbocycles. The van der Waals surface area contributed by atoms with Crippen molar-refractivity contribution < 1.29 is 8.78 Å². The lowest BCUT2D eigenvalue weighted by Crippen LogP contribution is -2.06. The number of fused-ring (bicyclic) bond motifs is 1. The topological polar surface area (TPSA) is 26.0 Å². The number of hydrogen-bond donors (Lipinski definition) is 1. The molecular weight excluding hydrogens is 244 g/mol. The zero-order valence-electron chi connectivity index (χ0n) is 9.20. The molecule has 2 rings (SSSR count). The van der Waals surface area contributed by atoms with Crippen LogP contribution in [0.2, 0.25) is 0 Å². The van der Waals surface area contributed by atoms with E-state index in [1.807, 2.05) is 24.3 Å². The lowest BCUT2D eigenvalue weighted by atomic mass is 9.97. The van der Waals surface area contributed by atoms with Gasteiger partial charge in [0.2, 0.25) is 0 Å². The van der Waals surface area contributed by atoms with E-state index in [0.29, 0.717) is 18.5 Å². The fraction of sp³-hybridized carbons (Fsp3) is 0.231. The molecule has 17 heavy (non-hydrogen) atoms. The van der Waals surface area contributed by atoms with Gasteiger partial charge in [0.05, 0.1) is 0 Å². The molecule has 0 heterocycles. The van der Waals surface area contributed by atoms with Crippen molar-refractivity contribution in [1.82, 2.24) is 0 Å². The van der Waals surface area contributed by atoms with E-state index in [1.54, 1.807) is 6.07 Å². The largest absolute Gasteiger partial charge is 0.330 e. The van der Waals surface area contributed by atoms with Crippen LogP contribution in [0.5, 0.6) is 0 Å². The highest BCUT2D eigenvalue weighted by Crippen LogP contribution is 2.29. The zero-order valence-corrected chi connectivity index (χ0v) is 10.0.